The first-order valence-corrected chi connectivity index (χ1v) is 9.93. The summed E-state index contributed by atoms with van der Waals surface area (Å²) in [4.78, 5) is 18.8. The van der Waals surface area contributed by atoms with Crippen LogP contribution in [0.2, 0.25) is 0 Å². The maximum absolute atomic E-state index is 12.3. The minimum absolute atomic E-state index is 0.216. The van der Waals surface area contributed by atoms with Gasteiger partial charge < -0.3 is 25.0 Å². The number of nitrogens with one attached hydrogen (secondary N) is 2. The molecular formula is C19H38N4O3. The third-order valence-electron chi connectivity index (χ3n) is 3.98. The molecule has 1 fully saturated rings. The number of likely N-dealkylation sites (tertiary alicyclic amines) is 1. The predicted octanol–water partition coefficient (Wildman–Crippen LogP) is 2.62. The first kappa shape index (κ1) is 22.5. The van der Waals surface area contributed by atoms with Crippen molar-refractivity contribution in [2.24, 2.45) is 10.9 Å². The highest BCUT2D eigenvalue weighted by Gasteiger charge is 2.27. The van der Waals surface area contributed by atoms with Crippen LogP contribution < -0.4 is 10.6 Å². The summed E-state index contributed by atoms with van der Waals surface area (Å²) in [6, 6.07) is 0. The molecule has 0 aliphatic carbocycles. The van der Waals surface area contributed by atoms with Crippen LogP contribution in [0.25, 0.3) is 0 Å². The average Bonchev–Trinajstić information content (AvgIpc) is 2.58. The highest BCUT2D eigenvalue weighted by atomic mass is 16.6. The lowest BCUT2D eigenvalue weighted by molar-refractivity contribution is 0.0170. The molecule has 0 radical (unpaired) electrons. The Balaban J connectivity index is 2.45. The lowest BCUT2D eigenvalue weighted by Gasteiger charge is -2.33. The van der Waals surface area contributed by atoms with E-state index < -0.39 is 5.60 Å². The van der Waals surface area contributed by atoms with E-state index in [1.807, 2.05) is 32.6 Å². The second-order valence-electron chi connectivity index (χ2n) is 7.63. The molecule has 0 aromatic rings. The van der Waals surface area contributed by atoms with Crippen LogP contribution in [0, 0.1) is 5.92 Å². The molecule has 1 heterocycles. The van der Waals surface area contributed by atoms with Gasteiger partial charge in [0.1, 0.15) is 5.60 Å². The summed E-state index contributed by atoms with van der Waals surface area (Å²) in [5.74, 6) is 1.20. The number of carbonyl (C=O) groups excluding carboxylic acids is 1. The van der Waals surface area contributed by atoms with E-state index in [2.05, 4.69) is 17.6 Å². The number of rotatable bonds is 8. The molecule has 1 unspecified atom stereocenters. The van der Waals surface area contributed by atoms with Crippen molar-refractivity contribution >= 4 is 12.1 Å². The monoisotopic (exact) mass is 370 g/mol. The van der Waals surface area contributed by atoms with Crippen molar-refractivity contribution in [2.75, 3.05) is 45.9 Å². The van der Waals surface area contributed by atoms with E-state index in [0.717, 1.165) is 58.1 Å². The van der Waals surface area contributed by atoms with Crippen LogP contribution in [-0.4, -0.2) is 68.5 Å². The number of amides is 1. The zero-order chi connectivity index (χ0) is 19.4. The second kappa shape index (κ2) is 12.0. The van der Waals surface area contributed by atoms with Gasteiger partial charge in [0.05, 0.1) is 0 Å². The summed E-state index contributed by atoms with van der Waals surface area (Å²) in [5, 5.41) is 6.61. The molecule has 26 heavy (non-hydrogen) atoms. The van der Waals surface area contributed by atoms with E-state index >= 15 is 0 Å². The fourth-order valence-electron chi connectivity index (χ4n) is 2.79. The Morgan fingerprint density at radius 3 is 2.69 bits per heavy atom. The van der Waals surface area contributed by atoms with Crippen molar-refractivity contribution in [1.82, 2.24) is 15.5 Å². The van der Waals surface area contributed by atoms with E-state index in [-0.39, 0.29) is 6.09 Å². The molecule has 0 saturated carbocycles. The van der Waals surface area contributed by atoms with E-state index in [1.165, 1.54) is 0 Å². The van der Waals surface area contributed by atoms with Gasteiger partial charge in [-0.15, -0.1) is 0 Å². The molecule has 1 atom stereocenters. The number of guanidine groups is 1. The van der Waals surface area contributed by atoms with Crippen LogP contribution in [0.3, 0.4) is 0 Å². The van der Waals surface area contributed by atoms with E-state index in [0.29, 0.717) is 19.0 Å². The Bertz CT molecular complexity index is 435. The number of carbonyl (C=O) groups is 1. The van der Waals surface area contributed by atoms with Crippen LogP contribution in [-0.2, 0) is 9.47 Å². The molecule has 0 spiro atoms. The Labute approximate surface area is 158 Å². The Kier molecular flexibility index (Phi) is 10.4. The Hall–Kier alpha value is -1.50. The number of nitrogens with zero attached hydrogens (tertiary/aromatic N) is 2. The van der Waals surface area contributed by atoms with Crippen molar-refractivity contribution < 1.29 is 14.3 Å². The molecule has 2 N–H and O–H groups in total. The lowest BCUT2D eigenvalue weighted by Crippen LogP contribution is -2.44. The minimum Gasteiger partial charge on any atom is -0.444 e. The number of hydrogen-bond acceptors (Lipinski definition) is 4. The molecule has 7 heteroatoms. The third-order valence-corrected chi connectivity index (χ3v) is 3.98. The van der Waals surface area contributed by atoms with Gasteiger partial charge >= 0.3 is 6.09 Å². The number of piperidine rings is 1. The molecule has 0 aromatic carbocycles. The Morgan fingerprint density at radius 1 is 1.27 bits per heavy atom. The summed E-state index contributed by atoms with van der Waals surface area (Å²) in [6.07, 6.45) is 2.82. The normalized spacial score (nSPS) is 18.6. The van der Waals surface area contributed by atoms with Gasteiger partial charge in [-0.1, -0.05) is 0 Å². The zero-order valence-corrected chi connectivity index (χ0v) is 17.3. The van der Waals surface area contributed by atoms with Crippen LogP contribution in [0.15, 0.2) is 4.99 Å². The number of aliphatic imine (C=N–C) groups is 1. The van der Waals surface area contributed by atoms with Crippen LogP contribution in [0.4, 0.5) is 4.79 Å². The third kappa shape index (κ3) is 9.85. The van der Waals surface area contributed by atoms with Crippen LogP contribution in [0.5, 0.6) is 0 Å². The molecule has 1 aliphatic heterocycles. The maximum Gasteiger partial charge on any atom is 0.410 e. The topological polar surface area (TPSA) is 75.2 Å². The minimum atomic E-state index is -0.453. The zero-order valence-electron chi connectivity index (χ0n) is 17.3. The van der Waals surface area contributed by atoms with E-state index in [1.54, 1.807) is 0 Å². The molecule has 1 amide bonds. The fraction of sp³-hybridized carbons (Fsp3) is 0.895. The Morgan fingerprint density at radius 2 is 2.04 bits per heavy atom. The van der Waals surface area contributed by atoms with Gasteiger partial charge in [-0.3, -0.25) is 4.99 Å². The van der Waals surface area contributed by atoms with Gasteiger partial charge in [-0.05, 0) is 59.8 Å². The maximum atomic E-state index is 12.3. The summed E-state index contributed by atoms with van der Waals surface area (Å²) >= 11 is 0. The average molecular weight is 371 g/mol. The van der Waals surface area contributed by atoms with Gasteiger partial charge in [0.25, 0.3) is 0 Å². The molecule has 0 aromatic heterocycles. The summed E-state index contributed by atoms with van der Waals surface area (Å²) in [6.45, 7) is 15.1. The molecule has 1 aliphatic rings. The molecular weight excluding hydrogens is 332 g/mol. The lowest BCUT2D eigenvalue weighted by atomic mass is 9.98. The van der Waals surface area contributed by atoms with E-state index in [4.69, 9.17) is 14.5 Å². The van der Waals surface area contributed by atoms with Crippen molar-refractivity contribution in [3.05, 3.63) is 0 Å². The predicted molar refractivity (Wildman–Crippen MR) is 106 cm³/mol. The standard InChI is InChI=1S/C19H38N4O3/c1-6-20-17(21-11-9-13-25-7-2)22-14-16-10-8-12-23(15-16)18(24)26-19(3,4)5/h16H,6-15H2,1-5H3,(H2,20,21,22). The summed E-state index contributed by atoms with van der Waals surface area (Å²) in [5.41, 5.74) is -0.453. The molecule has 152 valence electrons. The summed E-state index contributed by atoms with van der Waals surface area (Å²) in [7, 11) is 0. The van der Waals surface area contributed by atoms with Gasteiger partial charge in [-0.25, -0.2) is 4.79 Å². The van der Waals surface area contributed by atoms with Gasteiger partial charge in [0.2, 0.25) is 0 Å². The fourth-order valence-corrected chi connectivity index (χ4v) is 2.79. The largest absolute Gasteiger partial charge is 0.444 e. The SMILES string of the molecule is CCNC(=NCC1CCCN(C(=O)OC(C)(C)C)C1)NCCCOCC. The molecule has 0 bridgehead atoms. The highest BCUT2D eigenvalue weighted by Crippen LogP contribution is 2.19. The van der Waals surface area contributed by atoms with Gasteiger partial charge in [-0.2, -0.15) is 0 Å². The van der Waals surface area contributed by atoms with Crippen molar-refractivity contribution in [1.29, 1.82) is 0 Å². The first-order chi connectivity index (χ1) is 12.4. The number of hydrogen-bond donors (Lipinski definition) is 2. The van der Waals surface area contributed by atoms with E-state index in [9.17, 15) is 4.79 Å². The molecule has 1 saturated heterocycles. The molecule has 1 rings (SSSR count). The quantitative estimate of drug-likeness (QED) is 0.390. The van der Waals surface area contributed by atoms with Crippen molar-refractivity contribution in [2.45, 2.75) is 59.5 Å². The second-order valence-corrected chi connectivity index (χ2v) is 7.63. The van der Waals surface area contributed by atoms with Crippen LogP contribution in [0.1, 0.15) is 53.9 Å². The van der Waals surface area contributed by atoms with Gasteiger partial charge in [0, 0.05) is 45.9 Å². The van der Waals surface area contributed by atoms with Crippen molar-refractivity contribution in [3.8, 4) is 0 Å². The van der Waals surface area contributed by atoms with Crippen molar-refractivity contribution in [3.63, 3.8) is 0 Å². The smallest absolute Gasteiger partial charge is 0.410 e. The molecule has 7 nitrogen and oxygen atoms in total. The summed E-state index contributed by atoms with van der Waals surface area (Å²) < 4.78 is 10.8. The van der Waals surface area contributed by atoms with Crippen LogP contribution >= 0.6 is 0 Å². The first-order valence-electron chi connectivity index (χ1n) is 9.93. The highest BCUT2D eigenvalue weighted by molar-refractivity contribution is 5.79. The number of ether oxygens (including phenoxy) is 2. The van der Waals surface area contributed by atoms with Gasteiger partial charge in [0.15, 0.2) is 5.96 Å².